The van der Waals surface area contributed by atoms with Crippen LogP contribution in [0, 0.1) is 5.41 Å². The first-order valence-electron chi connectivity index (χ1n) is 7.16. The number of amides is 1. The zero-order chi connectivity index (χ0) is 13.2. The molecule has 2 aliphatic rings. The van der Waals surface area contributed by atoms with Crippen molar-refractivity contribution in [3.63, 3.8) is 0 Å². The van der Waals surface area contributed by atoms with Crippen LogP contribution in [0.15, 0.2) is 12.2 Å². The lowest BCUT2D eigenvalue weighted by atomic mass is 9.87. The zero-order valence-corrected chi connectivity index (χ0v) is 11.9. The van der Waals surface area contributed by atoms with Crippen molar-refractivity contribution >= 4 is 5.91 Å². The van der Waals surface area contributed by atoms with E-state index < -0.39 is 0 Å². The normalized spacial score (nSPS) is 32.4. The zero-order valence-electron chi connectivity index (χ0n) is 11.9. The second-order valence-corrected chi connectivity index (χ2v) is 6.45. The van der Waals surface area contributed by atoms with E-state index in [1.807, 2.05) is 7.05 Å². The molecule has 0 spiro atoms. The Hall–Kier alpha value is -0.830. The van der Waals surface area contributed by atoms with Gasteiger partial charge in [0.1, 0.15) is 0 Å². The molecule has 102 valence electrons. The molecule has 1 amide bonds. The third kappa shape index (κ3) is 2.94. The van der Waals surface area contributed by atoms with Crippen molar-refractivity contribution in [2.24, 2.45) is 5.41 Å². The highest BCUT2D eigenvalue weighted by Gasteiger charge is 2.37. The summed E-state index contributed by atoms with van der Waals surface area (Å²) in [6, 6.07) is 0.424. The van der Waals surface area contributed by atoms with Crippen LogP contribution in [0.2, 0.25) is 0 Å². The molecule has 0 aromatic carbocycles. The first-order chi connectivity index (χ1) is 8.53. The molecule has 3 nitrogen and oxygen atoms in total. The molecule has 1 saturated heterocycles. The molecule has 1 N–H and O–H groups in total. The molecule has 1 fully saturated rings. The van der Waals surface area contributed by atoms with Gasteiger partial charge in [0, 0.05) is 12.6 Å². The van der Waals surface area contributed by atoms with Crippen molar-refractivity contribution in [1.82, 2.24) is 10.2 Å². The predicted octanol–water partition coefficient (Wildman–Crippen LogP) is 2.33. The van der Waals surface area contributed by atoms with E-state index >= 15 is 0 Å². The van der Waals surface area contributed by atoms with Crippen molar-refractivity contribution in [1.29, 1.82) is 0 Å². The molecule has 3 heteroatoms. The summed E-state index contributed by atoms with van der Waals surface area (Å²) >= 11 is 0. The van der Waals surface area contributed by atoms with E-state index in [1.165, 1.54) is 0 Å². The summed E-state index contributed by atoms with van der Waals surface area (Å²) < 4.78 is 0. The van der Waals surface area contributed by atoms with Crippen LogP contribution in [0.5, 0.6) is 0 Å². The van der Waals surface area contributed by atoms with Gasteiger partial charge in [-0.1, -0.05) is 26.0 Å². The standard InChI is InChI=1S/C15H26N2O/c1-15(2)10-9-13(16-3)14(18)17(11-15)12-7-5-4-6-8-12/h4-5,12-13,16H,6-11H2,1-3H3. The second kappa shape index (κ2) is 5.43. The molecule has 0 aromatic rings. The molecule has 18 heavy (non-hydrogen) atoms. The minimum absolute atomic E-state index is 0.0117. The van der Waals surface area contributed by atoms with Crippen LogP contribution in [-0.2, 0) is 4.79 Å². The van der Waals surface area contributed by atoms with Gasteiger partial charge < -0.3 is 10.2 Å². The number of carbonyl (C=O) groups excluding carboxylic acids is 1. The molecule has 0 bridgehead atoms. The van der Waals surface area contributed by atoms with Gasteiger partial charge in [-0.25, -0.2) is 0 Å². The Balaban J connectivity index is 2.17. The van der Waals surface area contributed by atoms with Gasteiger partial charge in [-0.05, 0) is 44.6 Å². The van der Waals surface area contributed by atoms with E-state index in [4.69, 9.17) is 0 Å². The molecule has 0 radical (unpaired) electrons. The molecule has 2 rings (SSSR count). The number of carbonyl (C=O) groups is 1. The third-order valence-corrected chi connectivity index (χ3v) is 4.32. The van der Waals surface area contributed by atoms with E-state index in [2.05, 4.69) is 36.2 Å². The highest BCUT2D eigenvalue weighted by molar-refractivity contribution is 5.82. The fourth-order valence-corrected chi connectivity index (χ4v) is 3.11. The number of nitrogens with one attached hydrogen (secondary N) is 1. The van der Waals surface area contributed by atoms with Crippen LogP contribution < -0.4 is 5.32 Å². The number of hydrogen-bond donors (Lipinski definition) is 1. The highest BCUT2D eigenvalue weighted by Crippen LogP contribution is 2.31. The SMILES string of the molecule is CNC1CCC(C)(C)CN(C2CC=CCC2)C1=O. The highest BCUT2D eigenvalue weighted by atomic mass is 16.2. The Labute approximate surface area is 111 Å². The Kier molecular flexibility index (Phi) is 4.10. The summed E-state index contributed by atoms with van der Waals surface area (Å²) in [5, 5.41) is 3.19. The van der Waals surface area contributed by atoms with Gasteiger partial charge in [0.15, 0.2) is 0 Å². The largest absolute Gasteiger partial charge is 0.338 e. The van der Waals surface area contributed by atoms with Crippen LogP contribution in [0.1, 0.15) is 46.0 Å². The molecule has 1 heterocycles. The Morgan fingerprint density at radius 1 is 1.33 bits per heavy atom. The monoisotopic (exact) mass is 250 g/mol. The maximum Gasteiger partial charge on any atom is 0.239 e. The van der Waals surface area contributed by atoms with Crippen LogP contribution in [0.3, 0.4) is 0 Å². The van der Waals surface area contributed by atoms with Crippen LogP contribution >= 0.6 is 0 Å². The van der Waals surface area contributed by atoms with Crippen molar-refractivity contribution in [3.05, 3.63) is 12.2 Å². The first kappa shape index (κ1) is 13.6. The van der Waals surface area contributed by atoms with Crippen molar-refractivity contribution < 1.29 is 4.79 Å². The summed E-state index contributed by atoms with van der Waals surface area (Å²) in [7, 11) is 1.90. The molecule has 0 aromatic heterocycles. The molecular weight excluding hydrogens is 224 g/mol. The van der Waals surface area contributed by atoms with Gasteiger partial charge >= 0.3 is 0 Å². The third-order valence-electron chi connectivity index (χ3n) is 4.32. The quantitative estimate of drug-likeness (QED) is 0.763. The fourth-order valence-electron chi connectivity index (χ4n) is 3.11. The van der Waals surface area contributed by atoms with Gasteiger partial charge in [0.05, 0.1) is 6.04 Å². The summed E-state index contributed by atoms with van der Waals surface area (Å²) in [4.78, 5) is 14.8. The van der Waals surface area contributed by atoms with Crippen molar-refractivity contribution in [2.75, 3.05) is 13.6 Å². The minimum atomic E-state index is 0.0117. The van der Waals surface area contributed by atoms with E-state index in [9.17, 15) is 4.79 Å². The lowest BCUT2D eigenvalue weighted by Gasteiger charge is -2.37. The Morgan fingerprint density at radius 2 is 2.11 bits per heavy atom. The van der Waals surface area contributed by atoms with Crippen molar-refractivity contribution in [3.8, 4) is 0 Å². The summed E-state index contributed by atoms with van der Waals surface area (Å²) in [6.07, 6.45) is 9.80. The number of nitrogens with zero attached hydrogens (tertiary/aromatic N) is 1. The van der Waals surface area contributed by atoms with E-state index in [0.717, 1.165) is 38.6 Å². The van der Waals surface area contributed by atoms with Gasteiger partial charge in [0.2, 0.25) is 5.91 Å². The number of allylic oxidation sites excluding steroid dienone is 1. The number of likely N-dealkylation sites (tertiary alicyclic amines) is 1. The summed E-state index contributed by atoms with van der Waals surface area (Å²) in [6.45, 7) is 5.47. The number of likely N-dealkylation sites (N-methyl/N-ethyl adjacent to an activating group) is 1. The number of rotatable bonds is 2. The molecule has 1 aliphatic carbocycles. The molecule has 1 aliphatic heterocycles. The van der Waals surface area contributed by atoms with E-state index in [-0.39, 0.29) is 11.5 Å². The van der Waals surface area contributed by atoms with Gasteiger partial charge in [-0.2, -0.15) is 0 Å². The molecule has 2 unspecified atom stereocenters. The fraction of sp³-hybridized carbons (Fsp3) is 0.800. The molecular formula is C15H26N2O. The summed E-state index contributed by atoms with van der Waals surface area (Å²) in [5.74, 6) is 0.309. The van der Waals surface area contributed by atoms with Crippen LogP contribution in [0.25, 0.3) is 0 Å². The maximum absolute atomic E-state index is 12.6. The first-order valence-corrected chi connectivity index (χ1v) is 7.16. The van der Waals surface area contributed by atoms with Crippen molar-refractivity contribution in [2.45, 2.75) is 58.0 Å². The second-order valence-electron chi connectivity index (χ2n) is 6.45. The van der Waals surface area contributed by atoms with E-state index in [0.29, 0.717) is 11.9 Å². The van der Waals surface area contributed by atoms with Crippen LogP contribution in [-0.4, -0.2) is 36.5 Å². The average Bonchev–Trinajstić information content (AvgIpc) is 2.48. The average molecular weight is 250 g/mol. The summed E-state index contributed by atoms with van der Waals surface area (Å²) in [5.41, 5.74) is 0.239. The topological polar surface area (TPSA) is 32.3 Å². The predicted molar refractivity (Wildman–Crippen MR) is 74.4 cm³/mol. The minimum Gasteiger partial charge on any atom is -0.338 e. The smallest absolute Gasteiger partial charge is 0.239 e. The molecule has 0 saturated carbocycles. The van der Waals surface area contributed by atoms with Gasteiger partial charge in [0.25, 0.3) is 0 Å². The van der Waals surface area contributed by atoms with Gasteiger partial charge in [-0.3, -0.25) is 4.79 Å². The Bertz CT molecular complexity index is 335. The van der Waals surface area contributed by atoms with Gasteiger partial charge in [-0.15, -0.1) is 0 Å². The lowest BCUT2D eigenvalue weighted by molar-refractivity contribution is -0.136. The number of hydrogen-bond acceptors (Lipinski definition) is 2. The van der Waals surface area contributed by atoms with Crippen LogP contribution in [0.4, 0.5) is 0 Å². The Morgan fingerprint density at radius 3 is 2.72 bits per heavy atom. The maximum atomic E-state index is 12.6. The molecule has 2 atom stereocenters. The lowest BCUT2D eigenvalue weighted by Crippen LogP contribution is -2.50. The van der Waals surface area contributed by atoms with E-state index in [1.54, 1.807) is 0 Å².